The van der Waals surface area contributed by atoms with Gasteiger partial charge < -0.3 is 10.2 Å². The second-order valence-electron chi connectivity index (χ2n) is 5.18. The predicted molar refractivity (Wildman–Crippen MR) is 67.6 cm³/mol. The molecule has 16 heavy (non-hydrogen) atoms. The van der Waals surface area contributed by atoms with Gasteiger partial charge in [-0.05, 0) is 13.5 Å². The Morgan fingerprint density at radius 1 is 1.12 bits per heavy atom. The number of hydrogen-bond acceptors (Lipinski definition) is 4. The summed E-state index contributed by atoms with van der Waals surface area (Å²) in [6, 6.07) is 0. The minimum atomic E-state index is 0.230. The summed E-state index contributed by atoms with van der Waals surface area (Å²) in [7, 11) is 2.22. The molecule has 94 valence electrons. The molecule has 0 aromatic rings. The Balaban J connectivity index is 2.00. The van der Waals surface area contributed by atoms with Gasteiger partial charge in [0.25, 0.3) is 0 Å². The maximum absolute atomic E-state index is 3.76. The van der Waals surface area contributed by atoms with E-state index in [1.165, 1.54) is 39.0 Å². The van der Waals surface area contributed by atoms with Gasteiger partial charge in [-0.25, -0.2) is 0 Å². The Labute approximate surface area is 99.4 Å². The first-order chi connectivity index (χ1) is 7.77. The Bertz CT molecular complexity index is 200. The van der Waals surface area contributed by atoms with Crippen LogP contribution in [0.15, 0.2) is 0 Å². The summed E-state index contributed by atoms with van der Waals surface area (Å²) in [5, 5.41) is 7.31. The van der Waals surface area contributed by atoms with Crippen LogP contribution in [0.3, 0.4) is 0 Å². The van der Waals surface area contributed by atoms with Gasteiger partial charge in [0.2, 0.25) is 0 Å². The van der Waals surface area contributed by atoms with Crippen LogP contribution in [0.1, 0.15) is 19.8 Å². The molecule has 2 aliphatic heterocycles. The van der Waals surface area contributed by atoms with E-state index in [1.807, 2.05) is 0 Å². The quantitative estimate of drug-likeness (QED) is 0.705. The molecule has 0 amide bonds. The standard InChI is InChI=1S/C12H26N4/c1-3-4-12(11-13-5-6-14-12)16-9-7-15(2)8-10-16/h13-14H,3-11H2,1-2H3. The van der Waals surface area contributed by atoms with Crippen molar-refractivity contribution >= 4 is 0 Å². The lowest BCUT2D eigenvalue weighted by Gasteiger charge is -2.50. The molecule has 0 radical (unpaired) electrons. The molecule has 0 spiro atoms. The van der Waals surface area contributed by atoms with Gasteiger partial charge >= 0.3 is 0 Å². The van der Waals surface area contributed by atoms with Crippen LogP contribution in [0.2, 0.25) is 0 Å². The zero-order chi connectivity index (χ0) is 11.4. The molecule has 0 aliphatic carbocycles. The summed E-state index contributed by atoms with van der Waals surface area (Å²) < 4.78 is 0. The van der Waals surface area contributed by atoms with Gasteiger partial charge in [0.15, 0.2) is 0 Å². The smallest absolute Gasteiger partial charge is 0.0841 e. The SMILES string of the molecule is CCCC1(N2CCN(C)CC2)CNCCN1. The van der Waals surface area contributed by atoms with Crippen LogP contribution in [0, 0.1) is 0 Å². The van der Waals surface area contributed by atoms with Gasteiger partial charge in [-0.3, -0.25) is 10.2 Å². The van der Waals surface area contributed by atoms with E-state index in [4.69, 9.17) is 0 Å². The number of likely N-dealkylation sites (N-methyl/N-ethyl adjacent to an activating group) is 1. The van der Waals surface area contributed by atoms with E-state index in [-0.39, 0.29) is 5.66 Å². The lowest BCUT2D eigenvalue weighted by molar-refractivity contribution is -0.000340. The van der Waals surface area contributed by atoms with Gasteiger partial charge in [0.1, 0.15) is 0 Å². The van der Waals surface area contributed by atoms with Crippen molar-refractivity contribution in [2.75, 3.05) is 52.9 Å². The molecule has 1 unspecified atom stereocenters. The van der Waals surface area contributed by atoms with E-state index in [0.29, 0.717) is 0 Å². The van der Waals surface area contributed by atoms with Crippen molar-refractivity contribution in [2.45, 2.75) is 25.4 Å². The second kappa shape index (κ2) is 5.45. The zero-order valence-electron chi connectivity index (χ0n) is 10.8. The van der Waals surface area contributed by atoms with Crippen LogP contribution in [0.5, 0.6) is 0 Å². The third kappa shape index (κ3) is 2.56. The first-order valence-electron chi connectivity index (χ1n) is 6.66. The highest BCUT2D eigenvalue weighted by atomic mass is 15.4. The normalized spacial score (nSPS) is 34.1. The predicted octanol–water partition coefficient (Wildman–Crippen LogP) is -0.0770. The van der Waals surface area contributed by atoms with Crippen molar-refractivity contribution in [3.63, 3.8) is 0 Å². The van der Waals surface area contributed by atoms with E-state index in [1.54, 1.807) is 0 Å². The van der Waals surface area contributed by atoms with Crippen molar-refractivity contribution in [3.8, 4) is 0 Å². The fourth-order valence-corrected chi connectivity index (χ4v) is 2.95. The van der Waals surface area contributed by atoms with Crippen LogP contribution in [0.25, 0.3) is 0 Å². The third-order valence-corrected chi connectivity index (χ3v) is 3.95. The fraction of sp³-hybridized carbons (Fsp3) is 1.00. The molecule has 2 rings (SSSR count). The molecule has 2 N–H and O–H groups in total. The maximum atomic E-state index is 3.76. The molecule has 0 aromatic carbocycles. The number of nitrogens with one attached hydrogen (secondary N) is 2. The van der Waals surface area contributed by atoms with Crippen molar-refractivity contribution in [2.24, 2.45) is 0 Å². The molecule has 0 bridgehead atoms. The Morgan fingerprint density at radius 3 is 2.44 bits per heavy atom. The Kier molecular flexibility index (Phi) is 4.19. The van der Waals surface area contributed by atoms with Gasteiger partial charge in [-0.2, -0.15) is 0 Å². The second-order valence-corrected chi connectivity index (χ2v) is 5.18. The monoisotopic (exact) mass is 226 g/mol. The minimum absolute atomic E-state index is 0.230. The number of rotatable bonds is 3. The van der Waals surface area contributed by atoms with Crippen LogP contribution in [0.4, 0.5) is 0 Å². The highest BCUT2D eigenvalue weighted by Gasteiger charge is 2.37. The largest absolute Gasteiger partial charge is 0.312 e. The minimum Gasteiger partial charge on any atom is -0.312 e. The molecular weight excluding hydrogens is 200 g/mol. The summed E-state index contributed by atoms with van der Waals surface area (Å²) >= 11 is 0. The lowest BCUT2D eigenvalue weighted by atomic mass is 9.98. The summed E-state index contributed by atoms with van der Waals surface area (Å²) in [5.41, 5.74) is 0.230. The number of hydrogen-bond donors (Lipinski definition) is 2. The van der Waals surface area contributed by atoms with Gasteiger partial charge in [-0.1, -0.05) is 13.3 Å². The average molecular weight is 226 g/mol. The molecule has 2 fully saturated rings. The fourth-order valence-electron chi connectivity index (χ4n) is 2.95. The summed E-state index contributed by atoms with van der Waals surface area (Å²) in [4.78, 5) is 5.08. The number of nitrogens with zero attached hydrogens (tertiary/aromatic N) is 2. The molecule has 1 atom stereocenters. The highest BCUT2D eigenvalue weighted by Crippen LogP contribution is 2.21. The average Bonchev–Trinajstić information content (AvgIpc) is 2.31. The van der Waals surface area contributed by atoms with E-state index >= 15 is 0 Å². The van der Waals surface area contributed by atoms with Crippen molar-refractivity contribution in [3.05, 3.63) is 0 Å². The van der Waals surface area contributed by atoms with Crippen LogP contribution in [-0.2, 0) is 0 Å². The van der Waals surface area contributed by atoms with E-state index < -0.39 is 0 Å². The van der Waals surface area contributed by atoms with Crippen LogP contribution >= 0.6 is 0 Å². The van der Waals surface area contributed by atoms with Gasteiger partial charge in [-0.15, -0.1) is 0 Å². The van der Waals surface area contributed by atoms with E-state index in [9.17, 15) is 0 Å². The molecule has 0 aromatic heterocycles. The summed E-state index contributed by atoms with van der Waals surface area (Å²) in [5.74, 6) is 0. The molecule has 0 saturated carbocycles. The van der Waals surface area contributed by atoms with E-state index in [0.717, 1.165) is 19.6 Å². The molecule has 4 nitrogen and oxygen atoms in total. The molecule has 2 aliphatic rings. The van der Waals surface area contributed by atoms with Gasteiger partial charge in [0, 0.05) is 45.8 Å². The van der Waals surface area contributed by atoms with Crippen molar-refractivity contribution in [1.29, 1.82) is 0 Å². The lowest BCUT2D eigenvalue weighted by Crippen LogP contribution is -2.70. The molecular formula is C12H26N4. The van der Waals surface area contributed by atoms with Crippen LogP contribution in [-0.4, -0.2) is 68.3 Å². The van der Waals surface area contributed by atoms with Crippen LogP contribution < -0.4 is 10.6 Å². The first-order valence-corrected chi connectivity index (χ1v) is 6.66. The van der Waals surface area contributed by atoms with Crippen molar-refractivity contribution in [1.82, 2.24) is 20.4 Å². The molecule has 2 saturated heterocycles. The summed E-state index contributed by atoms with van der Waals surface area (Å²) in [6.45, 7) is 10.4. The Morgan fingerprint density at radius 2 is 1.88 bits per heavy atom. The zero-order valence-corrected chi connectivity index (χ0v) is 10.8. The van der Waals surface area contributed by atoms with E-state index in [2.05, 4.69) is 34.4 Å². The van der Waals surface area contributed by atoms with Crippen molar-refractivity contribution < 1.29 is 0 Å². The Hall–Kier alpha value is -0.160. The molecule has 4 heteroatoms. The maximum Gasteiger partial charge on any atom is 0.0841 e. The first kappa shape index (κ1) is 12.3. The summed E-state index contributed by atoms with van der Waals surface area (Å²) in [6.07, 6.45) is 2.50. The number of piperazine rings is 2. The topological polar surface area (TPSA) is 30.5 Å². The highest BCUT2D eigenvalue weighted by molar-refractivity contribution is 4.94. The molecule has 2 heterocycles. The van der Waals surface area contributed by atoms with Gasteiger partial charge in [0.05, 0.1) is 5.66 Å². The third-order valence-electron chi connectivity index (χ3n) is 3.95.